The molecule has 0 saturated heterocycles. The molecule has 1 heterocycles. The summed E-state index contributed by atoms with van der Waals surface area (Å²) in [5.41, 5.74) is 3.15. The van der Waals surface area contributed by atoms with Crippen LogP contribution in [0.5, 0.6) is 0 Å². The third-order valence-electron chi connectivity index (χ3n) is 3.79. The van der Waals surface area contributed by atoms with Crippen LogP contribution in [0.2, 0.25) is 0 Å². The summed E-state index contributed by atoms with van der Waals surface area (Å²) in [6.45, 7) is 6.63. The van der Waals surface area contributed by atoms with E-state index < -0.39 is 0 Å². The van der Waals surface area contributed by atoms with Crippen molar-refractivity contribution in [1.82, 2.24) is 15.1 Å². The van der Waals surface area contributed by atoms with Gasteiger partial charge in [0.1, 0.15) is 0 Å². The Hall–Kier alpha value is -1.62. The molecule has 4 nitrogen and oxygen atoms in total. The van der Waals surface area contributed by atoms with E-state index >= 15 is 0 Å². The molecule has 5 heteroatoms. The van der Waals surface area contributed by atoms with Gasteiger partial charge in [0.15, 0.2) is 0 Å². The zero-order valence-electron chi connectivity index (χ0n) is 13.3. The van der Waals surface area contributed by atoms with Crippen LogP contribution in [0.3, 0.4) is 0 Å². The minimum Gasteiger partial charge on any atom is -0.349 e. The number of aryl methyl sites for hydroxylation is 2. The maximum Gasteiger partial charge on any atom is 0.222 e. The van der Waals surface area contributed by atoms with E-state index in [1.807, 2.05) is 48.9 Å². The Morgan fingerprint density at radius 2 is 2.00 bits per heavy atom. The molecule has 2 aromatic rings. The standard InChI is InChI=1S/C17H22BrN3O/c1-4-15(14-8-6-5-7-9-14)19-16(22)10-11-21-13(3)17(18)12(2)20-21/h5-9,15H,4,10-11H2,1-3H3,(H,19,22). The monoisotopic (exact) mass is 363 g/mol. The molecule has 0 fully saturated rings. The van der Waals surface area contributed by atoms with E-state index in [9.17, 15) is 4.79 Å². The van der Waals surface area contributed by atoms with Crippen molar-refractivity contribution in [2.75, 3.05) is 0 Å². The van der Waals surface area contributed by atoms with Crippen molar-refractivity contribution in [2.24, 2.45) is 0 Å². The van der Waals surface area contributed by atoms with Gasteiger partial charge in [0, 0.05) is 12.1 Å². The van der Waals surface area contributed by atoms with Crippen molar-refractivity contribution >= 4 is 21.8 Å². The van der Waals surface area contributed by atoms with Crippen LogP contribution in [-0.2, 0) is 11.3 Å². The second-order valence-electron chi connectivity index (χ2n) is 5.40. The lowest BCUT2D eigenvalue weighted by Crippen LogP contribution is -2.29. The van der Waals surface area contributed by atoms with Gasteiger partial charge in [-0.1, -0.05) is 37.3 Å². The highest BCUT2D eigenvalue weighted by molar-refractivity contribution is 9.10. The van der Waals surface area contributed by atoms with Gasteiger partial charge in [-0.2, -0.15) is 5.10 Å². The molecule has 1 aromatic carbocycles. The number of aromatic nitrogens is 2. The SMILES string of the molecule is CCC(NC(=O)CCn1nc(C)c(Br)c1C)c1ccccc1. The molecule has 0 aliphatic heterocycles. The van der Waals surface area contributed by atoms with Crippen LogP contribution in [0.15, 0.2) is 34.8 Å². The van der Waals surface area contributed by atoms with Crippen LogP contribution in [0.25, 0.3) is 0 Å². The van der Waals surface area contributed by atoms with Crippen LogP contribution in [-0.4, -0.2) is 15.7 Å². The largest absolute Gasteiger partial charge is 0.349 e. The molecule has 1 atom stereocenters. The third-order valence-corrected chi connectivity index (χ3v) is 4.94. The van der Waals surface area contributed by atoms with Gasteiger partial charge in [-0.3, -0.25) is 9.48 Å². The van der Waals surface area contributed by atoms with Crippen molar-refractivity contribution < 1.29 is 4.79 Å². The first kappa shape index (κ1) is 16.7. The third kappa shape index (κ3) is 3.97. The number of carbonyl (C=O) groups excluding carboxylic acids is 1. The normalized spacial score (nSPS) is 12.2. The van der Waals surface area contributed by atoms with Crippen molar-refractivity contribution in [3.8, 4) is 0 Å². The number of hydrogen-bond donors (Lipinski definition) is 1. The van der Waals surface area contributed by atoms with Gasteiger partial charge >= 0.3 is 0 Å². The lowest BCUT2D eigenvalue weighted by atomic mass is 10.0. The van der Waals surface area contributed by atoms with Gasteiger partial charge in [0.2, 0.25) is 5.91 Å². The Kier molecular flexibility index (Phi) is 5.77. The van der Waals surface area contributed by atoms with Crippen molar-refractivity contribution in [1.29, 1.82) is 0 Å². The van der Waals surface area contributed by atoms with Crippen LogP contribution in [0.4, 0.5) is 0 Å². The summed E-state index contributed by atoms with van der Waals surface area (Å²) in [4.78, 5) is 12.2. The smallest absolute Gasteiger partial charge is 0.222 e. The molecule has 0 bridgehead atoms. The minimum atomic E-state index is 0.0550. The first-order valence-corrected chi connectivity index (χ1v) is 8.36. The predicted octanol–water partition coefficient (Wildman–Crippen LogP) is 3.92. The first-order chi connectivity index (χ1) is 10.5. The lowest BCUT2D eigenvalue weighted by Gasteiger charge is -2.17. The quantitative estimate of drug-likeness (QED) is 0.845. The molecule has 1 aromatic heterocycles. The van der Waals surface area contributed by atoms with E-state index in [-0.39, 0.29) is 11.9 Å². The highest BCUT2D eigenvalue weighted by Crippen LogP contribution is 2.20. The van der Waals surface area contributed by atoms with E-state index in [2.05, 4.69) is 33.3 Å². The fourth-order valence-corrected chi connectivity index (χ4v) is 2.76. The molecule has 0 aliphatic carbocycles. The number of benzene rings is 1. The average molecular weight is 364 g/mol. The van der Waals surface area contributed by atoms with Gasteiger partial charge in [-0.25, -0.2) is 0 Å². The Bertz CT molecular complexity index is 637. The van der Waals surface area contributed by atoms with E-state index in [0.717, 1.165) is 27.8 Å². The number of nitrogens with zero attached hydrogens (tertiary/aromatic N) is 2. The Labute approximate surface area is 140 Å². The molecule has 0 radical (unpaired) electrons. The zero-order chi connectivity index (χ0) is 16.1. The lowest BCUT2D eigenvalue weighted by molar-refractivity contribution is -0.122. The molecule has 0 spiro atoms. The summed E-state index contributed by atoms with van der Waals surface area (Å²) in [6.07, 6.45) is 1.30. The molecule has 0 saturated carbocycles. The van der Waals surface area contributed by atoms with Crippen LogP contribution in [0, 0.1) is 13.8 Å². The van der Waals surface area contributed by atoms with E-state index in [1.165, 1.54) is 0 Å². The van der Waals surface area contributed by atoms with Crippen LogP contribution >= 0.6 is 15.9 Å². The fraction of sp³-hybridized carbons (Fsp3) is 0.412. The number of hydrogen-bond acceptors (Lipinski definition) is 2. The molecule has 118 valence electrons. The van der Waals surface area contributed by atoms with Crippen molar-refractivity contribution in [3.63, 3.8) is 0 Å². The van der Waals surface area contributed by atoms with Gasteiger partial charge in [0.05, 0.1) is 22.8 Å². The molecule has 1 N–H and O–H groups in total. The first-order valence-electron chi connectivity index (χ1n) is 7.56. The number of nitrogens with one attached hydrogen (secondary N) is 1. The highest BCUT2D eigenvalue weighted by Gasteiger charge is 2.14. The Morgan fingerprint density at radius 3 is 2.55 bits per heavy atom. The number of rotatable bonds is 6. The van der Waals surface area contributed by atoms with Gasteiger partial charge in [-0.15, -0.1) is 0 Å². The topological polar surface area (TPSA) is 46.9 Å². The number of carbonyl (C=O) groups is 1. The van der Waals surface area contributed by atoms with Crippen LogP contribution < -0.4 is 5.32 Å². The average Bonchev–Trinajstić information content (AvgIpc) is 2.78. The van der Waals surface area contributed by atoms with Gasteiger partial charge in [-0.05, 0) is 41.8 Å². The van der Waals surface area contributed by atoms with Crippen molar-refractivity contribution in [2.45, 2.75) is 46.2 Å². The molecule has 0 aliphatic rings. The van der Waals surface area contributed by atoms with E-state index in [0.29, 0.717) is 13.0 Å². The summed E-state index contributed by atoms with van der Waals surface area (Å²) in [5, 5.41) is 7.53. The Morgan fingerprint density at radius 1 is 1.32 bits per heavy atom. The zero-order valence-corrected chi connectivity index (χ0v) is 14.9. The molecule has 1 amide bonds. The second-order valence-corrected chi connectivity index (χ2v) is 6.19. The Balaban J connectivity index is 1.93. The van der Waals surface area contributed by atoms with Crippen LogP contribution in [0.1, 0.15) is 42.8 Å². The molecule has 1 unspecified atom stereocenters. The molecule has 22 heavy (non-hydrogen) atoms. The number of amides is 1. The molecular weight excluding hydrogens is 342 g/mol. The maximum atomic E-state index is 12.2. The summed E-state index contributed by atoms with van der Waals surface area (Å²) in [7, 11) is 0. The van der Waals surface area contributed by atoms with Gasteiger partial charge < -0.3 is 5.32 Å². The van der Waals surface area contributed by atoms with E-state index in [1.54, 1.807) is 0 Å². The summed E-state index contributed by atoms with van der Waals surface area (Å²) in [6, 6.07) is 10.1. The van der Waals surface area contributed by atoms with E-state index in [4.69, 9.17) is 0 Å². The van der Waals surface area contributed by atoms with Gasteiger partial charge in [0.25, 0.3) is 0 Å². The maximum absolute atomic E-state index is 12.2. The predicted molar refractivity (Wildman–Crippen MR) is 91.6 cm³/mol. The second kappa shape index (κ2) is 7.58. The molecular formula is C17H22BrN3O. The fourth-order valence-electron chi connectivity index (χ4n) is 2.47. The van der Waals surface area contributed by atoms with Crippen molar-refractivity contribution in [3.05, 3.63) is 51.8 Å². The molecule has 2 rings (SSSR count). The summed E-state index contributed by atoms with van der Waals surface area (Å²) >= 11 is 3.51. The summed E-state index contributed by atoms with van der Waals surface area (Å²) < 4.78 is 2.89. The highest BCUT2D eigenvalue weighted by atomic mass is 79.9. The minimum absolute atomic E-state index is 0.0550. The number of halogens is 1. The summed E-state index contributed by atoms with van der Waals surface area (Å²) in [5.74, 6) is 0.0550.